The van der Waals surface area contributed by atoms with Gasteiger partial charge in [-0.1, -0.05) is 23.2 Å². The second kappa shape index (κ2) is 10.2. The number of carbonyl (C=O) groups is 1. The number of alkyl halides is 21. The van der Waals surface area contributed by atoms with Gasteiger partial charge in [-0.15, -0.1) is 0 Å². The number of hydrogen-bond acceptors (Lipinski definition) is 1. The Morgan fingerprint density at radius 3 is 0.929 bits per heavy atom. The first-order valence-corrected chi connectivity index (χ1v) is 10.3. The van der Waals surface area contributed by atoms with Crippen LogP contribution in [-0.2, 0) is 5.92 Å². The Bertz CT molecular complexity index is 1200. The zero-order valence-electron chi connectivity index (χ0n) is 18.1. The van der Waals surface area contributed by atoms with E-state index in [1.807, 2.05) is 0 Å². The number of carbonyl (C=O) groups excluding carboxylic acids is 1. The van der Waals surface area contributed by atoms with E-state index >= 15 is 0 Å². The minimum absolute atomic E-state index is 0.675. The Balaban J connectivity index is 3.91. The number of rotatable bonds is 10. The summed E-state index contributed by atoms with van der Waals surface area (Å²) in [6.07, 6.45) is -8.06. The maximum atomic E-state index is 14.3. The third-order valence-electron chi connectivity index (χ3n) is 5.11. The molecule has 0 aromatic heterocycles. The molecule has 0 amide bonds. The topological polar surface area (TPSA) is 17.1 Å². The smallest absolute Gasteiger partial charge is 0.275 e. The Hall–Kier alpha value is -1.71. The third kappa shape index (κ3) is 4.80. The first-order valence-electron chi connectivity index (χ1n) is 9.14. The normalized spacial score (nSPS) is 15.7. The highest BCUT2D eigenvalue weighted by Gasteiger charge is 2.97. The lowest BCUT2D eigenvalue weighted by molar-refractivity contribution is -0.474. The highest BCUT2D eigenvalue weighted by atomic mass is 35.5. The van der Waals surface area contributed by atoms with E-state index in [2.05, 4.69) is 0 Å². The first-order chi connectivity index (χ1) is 18.0. The van der Waals surface area contributed by atoms with Crippen molar-refractivity contribution in [2.24, 2.45) is 0 Å². The average Bonchev–Trinajstić information content (AvgIpc) is 2.76. The molecular weight excluding hydrogens is 726 g/mol. The van der Waals surface area contributed by atoms with Crippen LogP contribution < -0.4 is 0 Å². The molecule has 1 aromatic carbocycles. The van der Waals surface area contributed by atoms with Crippen LogP contribution in [0.4, 0.5) is 92.2 Å². The van der Waals surface area contributed by atoms with Crippen LogP contribution in [0.15, 0.2) is 12.1 Å². The molecule has 0 unspecified atom stereocenters. The van der Waals surface area contributed by atoms with Crippen LogP contribution in [0.1, 0.15) is 15.9 Å². The van der Waals surface area contributed by atoms with E-state index in [9.17, 15) is 97.0 Å². The highest BCUT2D eigenvalue weighted by Crippen LogP contribution is 2.67. The summed E-state index contributed by atoms with van der Waals surface area (Å²) < 4.78 is 283. The molecule has 25 heteroatoms. The molecule has 0 atom stereocenters. The summed E-state index contributed by atoms with van der Waals surface area (Å²) in [4.78, 5) is 11.1. The van der Waals surface area contributed by atoms with Crippen molar-refractivity contribution in [1.29, 1.82) is 0 Å². The van der Waals surface area contributed by atoms with E-state index in [1.54, 1.807) is 0 Å². The Morgan fingerprint density at radius 2 is 0.690 bits per heavy atom. The minimum atomic E-state index is -9.27. The maximum absolute atomic E-state index is 14.3. The van der Waals surface area contributed by atoms with Gasteiger partial charge in [0, 0.05) is 5.56 Å². The van der Waals surface area contributed by atoms with Crippen LogP contribution in [0.2, 0.25) is 10.0 Å². The molecule has 0 heterocycles. The van der Waals surface area contributed by atoms with Gasteiger partial charge in [-0.2, -0.15) is 92.2 Å². The molecule has 0 aliphatic carbocycles. The van der Waals surface area contributed by atoms with E-state index in [0.29, 0.717) is 0 Å². The lowest BCUT2D eigenvalue weighted by Gasteiger charge is -2.44. The Kier molecular flexibility index (Phi) is 9.27. The van der Waals surface area contributed by atoms with Crippen molar-refractivity contribution in [3.63, 3.8) is 0 Å². The molecule has 1 aromatic rings. The summed E-state index contributed by atoms with van der Waals surface area (Å²) >= 11 is 15.2. The van der Waals surface area contributed by atoms with Gasteiger partial charge in [0.25, 0.3) is 5.24 Å². The second-order valence-corrected chi connectivity index (χ2v) is 8.91. The molecule has 0 aliphatic rings. The molecule has 0 aliphatic heterocycles. The van der Waals surface area contributed by atoms with Crippen LogP contribution in [0.3, 0.4) is 0 Å². The maximum Gasteiger partial charge on any atom is 0.460 e. The average molecular weight is 728 g/mol. The third-order valence-corrected chi connectivity index (χ3v) is 5.90. The molecule has 0 spiro atoms. The van der Waals surface area contributed by atoms with Crippen molar-refractivity contribution in [3.8, 4) is 0 Å². The molecule has 0 saturated heterocycles. The van der Waals surface area contributed by atoms with Gasteiger partial charge < -0.3 is 0 Å². The van der Waals surface area contributed by atoms with E-state index < -0.39 is 98.0 Å². The van der Waals surface area contributed by atoms with Gasteiger partial charge in [-0.3, -0.25) is 4.79 Å². The number of benzene rings is 1. The second-order valence-electron chi connectivity index (χ2n) is 7.76. The lowest BCUT2D eigenvalue weighted by atomic mass is 9.85. The van der Waals surface area contributed by atoms with Crippen LogP contribution in [-0.4, -0.2) is 58.8 Å². The number of hydrogen-bond donors (Lipinski definition) is 0. The first kappa shape index (κ1) is 38.3. The number of halogens is 24. The van der Waals surface area contributed by atoms with Gasteiger partial charge >= 0.3 is 59.5 Å². The molecule has 42 heavy (non-hydrogen) atoms. The molecule has 0 N–H and O–H groups in total. The summed E-state index contributed by atoms with van der Waals surface area (Å²) in [7, 11) is 0. The monoisotopic (exact) mass is 726 g/mol. The zero-order valence-corrected chi connectivity index (χ0v) is 20.4. The van der Waals surface area contributed by atoms with Crippen molar-refractivity contribution < 1.29 is 97.0 Å². The Morgan fingerprint density at radius 1 is 0.452 bits per heavy atom. The molecule has 244 valence electrons. The summed E-state index contributed by atoms with van der Waals surface area (Å²) in [5.41, 5.74) is -4.08. The van der Waals surface area contributed by atoms with Crippen LogP contribution in [0, 0.1) is 0 Å². The summed E-state index contributed by atoms with van der Waals surface area (Å²) in [5, 5.41) is -4.90. The van der Waals surface area contributed by atoms with Gasteiger partial charge in [0.05, 0.1) is 15.6 Å². The van der Waals surface area contributed by atoms with E-state index in [1.165, 1.54) is 0 Å². The van der Waals surface area contributed by atoms with Crippen molar-refractivity contribution in [1.82, 2.24) is 0 Å². The fraction of sp³-hybridized carbons (Fsp3) is 0.588. The minimum Gasteiger partial charge on any atom is -0.275 e. The standard InChI is InChI=1S/C17H2Cl3F21O/c18-4-1-3(2-5(19)6(4)7(20)42)8(21,22)9(23,24)10(25,26)11(27,28)12(29,30)13(31,32)14(33,34)15(35,36)16(37,38)17(39,40)41/h1-2H. The van der Waals surface area contributed by atoms with Gasteiger partial charge in [0.15, 0.2) is 0 Å². The fourth-order valence-corrected chi connectivity index (χ4v) is 3.64. The van der Waals surface area contributed by atoms with Gasteiger partial charge in [-0.05, 0) is 23.7 Å². The van der Waals surface area contributed by atoms with E-state index in [4.69, 9.17) is 34.8 Å². The van der Waals surface area contributed by atoms with Crippen molar-refractivity contribution in [2.75, 3.05) is 0 Å². The van der Waals surface area contributed by atoms with Crippen LogP contribution in [0.5, 0.6) is 0 Å². The van der Waals surface area contributed by atoms with Gasteiger partial charge in [-0.25, -0.2) is 0 Å². The van der Waals surface area contributed by atoms with E-state index in [0.717, 1.165) is 0 Å². The molecule has 0 radical (unpaired) electrons. The van der Waals surface area contributed by atoms with E-state index in [-0.39, 0.29) is 0 Å². The largest absolute Gasteiger partial charge is 0.460 e. The van der Waals surface area contributed by atoms with Gasteiger partial charge in [0.1, 0.15) is 0 Å². The Labute approximate surface area is 230 Å². The molecule has 0 saturated carbocycles. The summed E-state index contributed by atoms with van der Waals surface area (Å²) in [5.74, 6) is -78.4. The predicted molar refractivity (Wildman–Crippen MR) is 96.2 cm³/mol. The predicted octanol–water partition coefficient (Wildman–Crippen LogP) is 10.1. The van der Waals surface area contributed by atoms with Crippen molar-refractivity contribution in [2.45, 2.75) is 59.5 Å². The zero-order chi connectivity index (χ0) is 34.3. The molecule has 1 rings (SSSR count). The lowest BCUT2D eigenvalue weighted by Crippen LogP contribution is -2.76. The molecule has 0 bridgehead atoms. The van der Waals surface area contributed by atoms with Gasteiger partial charge in [0.2, 0.25) is 0 Å². The van der Waals surface area contributed by atoms with Crippen LogP contribution in [0.25, 0.3) is 0 Å². The molecular formula is C17H2Cl3F21O. The molecule has 0 fully saturated rings. The summed E-state index contributed by atoms with van der Waals surface area (Å²) in [6.45, 7) is 0. The van der Waals surface area contributed by atoms with Crippen molar-refractivity contribution >= 4 is 40.0 Å². The fourth-order valence-electron chi connectivity index (χ4n) is 2.68. The van der Waals surface area contributed by atoms with Crippen molar-refractivity contribution in [3.05, 3.63) is 33.3 Å². The SMILES string of the molecule is O=C(Cl)c1c(Cl)cc(C(F)(F)C(F)(F)C(F)(F)C(F)(F)C(F)(F)C(F)(F)C(F)(F)C(F)(F)C(F)(F)C(F)(F)F)cc1Cl. The highest BCUT2D eigenvalue weighted by molar-refractivity contribution is 6.69. The summed E-state index contributed by atoms with van der Waals surface area (Å²) in [6, 6.07) is -1.35. The quantitative estimate of drug-likeness (QED) is 0.173. The van der Waals surface area contributed by atoms with Crippen LogP contribution >= 0.6 is 34.8 Å². The molecule has 1 nitrogen and oxygen atoms in total.